The van der Waals surface area contributed by atoms with Crippen molar-refractivity contribution in [3.05, 3.63) is 115 Å². The summed E-state index contributed by atoms with van der Waals surface area (Å²) in [5.41, 5.74) is 4.47. The maximum atomic E-state index is 13.3. The van der Waals surface area contributed by atoms with Crippen LogP contribution in [0.4, 0.5) is 34.1 Å². The molecule has 5 aromatic rings. The molecule has 0 aliphatic carbocycles. The van der Waals surface area contributed by atoms with E-state index in [1.165, 1.54) is 166 Å². The summed E-state index contributed by atoms with van der Waals surface area (Å²) >= 11 is 24.8. The SMILES string of the molecule is CCC(Oc1ccc(C(C)(C)CC)cc1C(C)(C)CC)C(=O)Nc1cc(O)c(NC(C)=O)cc1Cl.CCCCCCCCCCCCCCCC(=O)Nc1cc(Cl)c(C)c(Cl)c1O.CCCCCCCCCCCCCCCC(=O)Nc1ccccc1C(=O)Nc1cc(Cl)c2c(c1O)C(C)(C)CC(=O)N2. The Morgan fingerprint density at radius 2 is 1.00 bits per heavy atom. The minimum Gasteiger partial charge on any atom is -0.506 e. The highest BCUT2D eigenvalue weighted by atomic mass is 35.5. The Bertz CT molecular complexity index is 3610. The van der Waals surface area contributed by atoms with Gasteiger partial charge in [0.25, 0.3) is 11.8 Å². The lowest BCUT2D eigenvalue weighted by Crippen LogP contribution is -2.33. The van der Waals surface area contributed by atoms with Gasteiger partial charge in [0.05, 0.1) is 54.8 Å². The molecule has 1 heterocycles. The highest BCUT2D eigenvalue weighted by Crippen LogP contribution is 2.50. The van der Waals surface area contributed by atoms with Crippen molar-refractivity contribution >= 4 is 116 Å². The number of hydrogen-bond donors (Lipinski definition) is 9. The van der Waals surface area contributed by atoms with Gasteiger partial charge < -0.3 is 52.0 Å². The lowest BCUT2D eigenvalue weighted by molar-refractivity contribution is -0.123. The third kappa shape index (κ3) is 30.5. The molecule has 105 heavy (non-hydrogen) atoms. The number of anilines is 6. The second-order valence-electron chi connectivity index (χ2n) is 30.1. The van der Waals surface area contributed by atoms with Gasteiger partial charge in [0.1, 0.15) is 17.2 Å². The van der Waals surface area contributed by atoms with Crippen LogP contribution in [0.3, 0.4) is 0 Å². The smallest absolute Gasteiger partial charge is 0.265 e. The van der Waals surface area contributed by atoms with Gasteiger partial charge in [-0.25, -0.2) is 0 Å². The molecule has 5 aromatic carbocycles. The molecule has 20 heteroatoms. The predicted octanol–water partition coefficient (Wildman–Crippen LogP) is 24.9. The second-order valence-corrected chi connectivity index (χ2v) is 31.7. The van der Waals surface area contributed by atoms with Crippen LogP contribution in [0, 0.1) is 6.92 Å². The highest BCUT2D eigenvalue weighted by Gasteiger charge is 2.38. The van der Waals surface area contributed by atoms with E-state index in [-0.39, 0.29) is 107 Å². The Hall–Kier alpha value is -6.72. The Morgan fingerprint density at radius 3 is 1.50 bits per heavy atom. The molecular formula is C85H124Cl4N6O10. The summed E-state index contributed by atoms with van der Waals surface area (Å²) < 4.78 is 6.29. The van der Waals surface area contributed by atoms with Crippen LogP contribution in [0.2, 0.25) is 20.1 Å². The number of amides is 6. The van der Waals surface area contributed by atoms with E-state index >= 15 is 0 Å². The van der Waals surface area contributed by atoms with Crippen molar-refractivity contribution in [2.24, 2.45) is 0 Å². The summed E-state index contributed by atoms with van der Waals surface area (Å²) in [5, 5.41) is 48.6. The van der Waals surface area contributed by atoms with Gasteiger partial charge in [-0.15, -0.1) is 0 Å². The first-order chi connectivity index (χ1) is 49.9. The molecule has 16 nitrogen and oxygen atoms in total. The van der Waals surface area contributed by atoms with Gasteiger partial charge in [-0.2, -0.15) is 0 Å². The van der Waals surface area contributed by atoms with E-state index in [1.54, 1.807) is 37.3 Å². The molecule has 0 aromatic heterocycles. The Morgan fingerprint density at radius 1 is 0.533 bits per heavy atom. The van der Waals surface area contributed by atoms with Gasteiger partial charge in [0.2, 0.25) is 23.6 Å². The van der Waals surface area contributed by atoms with E-state index in [4.69, 9.17) is 51.1 Å². The number of rotatable bonds is 42. The first-order valence-corrected chi connectivity index (χ1v) is 40.3. The van der Waals surface area contributed by atoms with E-state index in [1.807, 2.05) is 26.8 Å². The maximum Gasteiger partial charge on any atom is 0.265 e. The lowest BCUT2D eigenvalue weighted by atomic mass is 9.76. The molecule has 1 atom stereocenters. The Labute approximate surface area is 648 Å². The number of phenols is 3. The van der Waals surface area contributed by atoms with Crippen molar-refractivity contribution in [2.75, 3.05) is 31.9 Å². The first-order valence-electron chi connectivity index (χ1n) is 38.8. The maximum absolute atomic E-state index is 13.3. The number of fused-ring (bicyclic) bond motifs is 1. The quantitative estimate of drug-likeness (QED) is 0.0132. The number of hydrogen-bond acceptors (Lipinski definition) is 10. The van der Waals surface area contributed by atoms with Crippen LogP contribution in [0.15, 0.2) is 66.7 Å². The van der Waals surface area contributed by atoms with E-state index < -0.39 is 17.4 Å². The molecule has 9 N–H and O–H groups in total. The van der Waals surface area contributed by atoms with Gasteiger partial charge >= 0.3 is 0 Å². The van der Waals surface area contributed by atoms with Crippen LogP contribution < -0.4 is 36.6 Å². The van der Waals surface area contributed by atoms with Crippen LogP contribution >= 0.6 is 46.4 Å². The number of nitrogens with one attached hydrogen (secondary N) is 6. The molecule has 0 saturated heterocycles. The molecule has 0 spiro atoms. The fourth-order valence-corrected chi connectivity index (χ4v) is 13.5. The molecule has 1 aliphatic heterocycles. The number of carbonyl (C=O) groups is 6. The second kappa shape index (κ2) is 46.5. The van der Waals surface area contributed by atoms with Gasteiger partial charge in [-0.1, -0.05) is 301 Å². The zero-order valence-corrected chi connectivity index (χ0v) is 68.3. The highest BCUT2D eigenvalue weighted by molar-refractivity contribution is 6.38. The summed E-state index contributed by atoms with van der Waals surface area (Å²) in [7, 11) is 0. The molecule has 6 rings (SSSR count). The average molecular weight is 1530 g/mol. The molecule has 0 saturated carbocycles. The number of benzene rings is 5. The summed E-state index contributed by atoms with van der Waals surface area (Å²) in [4.78, 5) is 74.5. The largest absolute Gasteiger partial charge is 0.506 e. The van der Waals surface area contributed by atoms with Gasteiger partial charge in [0.15, 0.2) is 11.9 Å². The van der Waals surface area contributed by atoms with Gasteiger partial charge in [0, 0.05) is 53.8 Å². The number of para-hydroxylation sites is 1. The lowest BCUT2D eigenvalue weighted by Gasteiger charge is -2.34. The van der Waals surface area contributed by atoms with Crippen molar-refractivity contribution in [3.63, 3.8) is 0 Å². The van der Waals surface area contributed by atoms with Crippen molar-refractivity contribution in [1.29, 1.82) is 0 Å². The molecule has 0 bridgehead atoms. The first kappa shape index (κ1) is 90.7. The van der Waals surface area contributed by atoms with E-state index in [0.29, 0.717) is 52.5 Å². The monoisotopic (exact) mass is 1530 g/mol. The van der Waals surface area contributed by atoms with E-state index in [0.717, 1.165) is 50.5 Å². The zero-order chi connectivity index (χ0) is 77.9. The van der Waals surface area contributed by atoms with Crippen LogP contribution in [0.1, 0.15) is 321 Å². The standard InChI is InChI=1S/C34H48ClN3O4.C28H39ClN2O4.C23H37Cl2NO2/c1-4-5-6-7-8-9-10-11-12-13-14-15-16-21-28(39)36-26-20-18-17-19-24(26)33(42)37-27-22-25(35)31-30(32(27)41)34(2,3)23-29(40)38-31;1-9-24(26(34)31-21-16-23(33)22(15-20(21)29)30-17(4)32)35-25-13-12-18(27(5,6)10-2)14-19(25)28(7,8)11-3;1-3-4-5-6-7-8-9-10-11-12-13-14-15-16-21(27)26-20-17-19(24)18(2)22(25)23(20)28/h17-20,22,41H,4-16,21,23H2,1-3H3,(H,36,39)(H,37,42)(H,38,40);12-16,24,33H,9-11H2,1-8H3,(H,30,32)(H,31,34);17,28H,3-16H2,1-2H3,(H,26,27). The Balaban J connectivity index is 0.000000340. The van der Waals surface area contributed by atoms with Crippen molar-refractivity contribution in [1.82, 2.24) is 0 Å². The summed E-state index contributed by atoms with van der Waals surface area (Å²) in [6, 6.07) is 18.7. The normalized spacial score (nSPS) is 12.7. The van der Waals surface area contributed by atoms with Gasteiger partial charge in [-0.05, 0) is 97.4 Å². The average Bonchev–Trinajstić information content (AvgIpc) is 0.750. The van der Waals surface area contributed by atoms with Gasteiger partial charge in [-0.3, -0.25) is 28.8 Å². The topological polar surface area (TPSA) is 245 Å². The van der Waals surface area contributed by atoms with Crippen LogP contribution in [-0.2, 0) is 40.2 Å². The number of carbonyl (C=O) groups excluding carboxylic acids is 6. The summed E-state index contributed by atoms with van der Waals surface area (Å²) in [5.74, 6) is -1.42. The minimum absolute atomic E-state index is 0.0286. The van der Waals surface area contributed by atoms with Crippen LogP contribution in [-0.4, -0.2) is 56.9 Å². The van der Waals surface area contributed by atoms with Crippen LogP contribution in [0.5, 0.6) is 23.0 Å². The number of ether oxygens (including phenoxy) is 1. The minimum atomic E-state index is -0.764. The summed E-state index contributed by atoms with van der Waals surface area (Å²) in [6.07, 6.45) is 35.4. The fourth-order valence-electron chi connectivity index (χ4n) is 12.6. The van der Waals surface area contributed by atoms with Crippen molar-refractivity contribution in [2.45, 2.75) is 318 Å². The number of phenolic OH excluding ortho intramolecular Hbond substituents is 3. The third-order valence-corrected chi connectivity index (χ3v) is 21.5. The number of aromatic hydroxyl groups is 3. The predicted molar refractivity (Wildman–Crippen MR) is 438 cm³/mol. The number of unbranched alkanes of at least 4 members (excludes halogenated alkanes) is 24. The Kier molecular flexibility index (Phi) is 40.1. The van der Waals surface area contributed by atoms with E-state index in [2.05, 4.69) is 99.4 Å². The summed E-state index contributed by atoms with van der Waals surface area (Å²) in [6.45, 7) is 26.3. The molecule has 6 amide bonds. The number of halogens is 4. The molecular weight excluding hydrogens is 1410 g/mol. The zero-order valence-electron chi connectivity index (χ0n) is 65.3. The van der Waals surface area contributed by atoms with Crippen LogP contribution in [0.25, 0.3) is 0 Å². The molecule has 0 fully saturated rings. The van der Waals surface area contributed by atoms with E-state index in [9.17, 15) is 44.1 Å². The fraction of sp³-hybridized carbons (Fsp3) is 0.576. The molecule has 1 aliphatic rings. The van der Waals surface area contributed by atoms with Crippen molar-refractivity contribution < 1.29 is 48.8 Å². The third-order valence-electron chi connectivity index (χ3n) is 20.0. The molecule has 0 radical (unpaired) electrons. The molecule has 582 valence electrons. The van der Waals surface area contributed by atoms with Crippen molar-refractivity contribution in [3.8, 4) is 23.0 Å². The molecule has 1 unspecified atom stereocenters.